The minimum absolute atomic E-state index is 0.0427. The quantitative estimate of drug-likeness (QED) is 0.376. The molecule has 0 unspecified atom stereocenters. The number of alkyl carbamates (subject to hydrolysis) is 1. The molecule has 1 aliphatic heterocycles. The van der Waals surface area contributed by atoms with Crippen LogP contribution in [-0.2, 0) is 23.9 Å². The van der Waals surface area contributed by atoms with Gasteiger partial charge in [-0.3, -0.25) is 24.3 Å². The molecule has 214 valence electrons. The Morgan fingerprint density at radius 3 is 1.76 bits per heavy atom. The van der Waals surface area contributed by atoms with Gasteiger partial charge in [-0.2, -0.15) is 0 Å². The second-order valence-electron chi connectivity index (χ2n) is 11.4. The molecule has 12 nitrogen and oxygen atoms in total. The third kappa shape index (κ3) is 16.2. The van der Waals surface area contributed by atoms with Gasteiger partial charge in [0.25, 0.3) is 0 Å². The number of ether oxygens (including phenoxy) is 2. The number of esters is 1. The number of amides is 1. The Hall–Kier alpha value is -2.28. The molecular formula is C25H47N5O7. The van der Waals surface area contributed by atoms with E-state index in [0.717, 1.165) is 0 Å². The first-order chi connectivity index (χ1) is 17.0. The van der Waals surface area contributed by atoms with Gasteiger partial charge >= 0.3 is 18.0 Å². The van der Waals surface area contributed by atoms with Gasteiger partial charge < -0.3 is 25.2 Å². The Bertz CT molecular complexity index is 764. The number of rotatable bonds is 8. The summed E-state index contributed by atoms with van der Waals surface area (Å²) in [6.45, 7) is 17.1. The number of aliphatic carboxylic acids is 1. The van der Waals surface area contributed by atoms with Crippen LogP contribution >= 0.6 is 0 Å². The zero-order valence-corrected chi connectivity index (χ0v) is 23.6. The molecule has 0 aliphatic carbocycles. The maximum absolute atomic E-state index is 12.5. The number of nitrogens with one attached hydrogen (secondary N) is 2. The van der Waals surface area contributed by atoms with Crippen LogP contribution in [0.25, 0.3) is 0 Å². The molecule has 1 fully saturated rings. The van der Waals surface area contributed by atoms with Gasteiger partial charge in [0.1, 0.15) is 23.0 Å². The summed E-state index contributed by atoms with van der Waals surface area (Å²) in [5, 5.41) is 15.6. The zero-order valence-electron chi connectivity index (χ0n) is 23.6. The molecule has 0 aromatic heterocycles. The van der Waals surface area contributed by atoms with Crippen LogP contribution in [0.5, 0.6) is 0 Å². The first kappa shape index (κ1) is 32.7. The third-order valence-electron chi connectivity index (χ3n) is 5.32. The molecule has 1 amide bonds. The minimum Gasteiger partial charge on any atom is -0.480 e. The number of ketones is 1. The van der Waals surface area contributed by atoms with Crippen LogP contribution in [0.4, 0.5) is 4.79 Å². The molecule has 1 saturated heterocycles. The maximum Gasteiger partial charge on any atom is 0.408 e. The molecule has 0 aromatic rings. The van der Waals surface area contributed by atoms with Crippen molar-refractivity contribution < 1.29 is 33.8 Å². The van der Waals surface area contributed by atoms with E-state index < -0.39 is 29.3 Å². The molecule has 1 rings (SSSR count). The Balaban J connectivity index is 2.99. The van der Waals surface area contributed by atoms with Gasteiger partial charge in [-0.15, -0.1) is 0 Å². The fourth-order valence-electron chi connectivity index (χ4n) is 3.76. The van der Waals surface area contributed by atoms with E-state index in [1.807, 2.05) is 35.5 Å². The number of nitrogens with zero attached hydrogens (tertiary/aromatic N) is 3. The normalized spacial score (nSPS) is 18.7. The van der Waals surface area contributed by atoms with Crippen molar-refractivity contribution in [3.8, 4) is 0 Å². The van der Waals surface area contributed by atoms with Gasteiger partial charge in [0.05, 0.1) is 13.1 Å². The van der Waals surface area contributed by atoms with E-state index in [-0.39, 0.29) is 24.8 Å². The zero-order chi connectivity index (χ0) is 28.2. The second kappa shape index (κ2) is 15.2. The number of carboxylic acids is 1. The van der Waals surface area contributed by atoms with Gasteiger partial charge in [-0.05, 0) is 48.5 Å². The van der Waals surface area contributed by atoms with Gasteiger partial charge in [0.2, 0.25) is 0 Å². The van der Waals surface area contributed by atoms with Crippen molar-refractivity contribution in [1.29, 1.82) is 0 Å². The lowest BCUT2D eigenvalue weighted by Gasteiger charge is -2.32. The number of carboxylic acid groups (broad SMARTS) is 1. The number of Topliss-reactive ketones (excluding diaryl/α,β-unsaturated/α-hetero) is 1. The van der Waals surface area contributed by atoms with E-state index in [1.54, 1.807) is 27.7 Å². The smallest absolute Gasteiger partial charge is 0.408 e. The fraction of sp³-hybridized carbons (Fsp3) is 0.840. The highest BCUT2D eigenvalue weighted by molar-refractivity contribution is 5.80. The summed E-state index contributed by atoms with van der Waals surface area (Å²) >= 11 is 0. The third-order valence-corrected chi connectivity index (χ3v) is 5.32. The molecule has 3 N–H and O–H groups in total. The SMILES string of the molecule is CC(=O)CN1CCNCCN(CC(=O)OC(C)(C)C)CCN(C[C@@H](NC(=O)OC(C)(C)C)C(=O)O)CC1. The first-order valence-electron chi connectivity index (χ1n) is 12.9. The van der Waals surface area contributed by atoms with Crippen LogP contribution in [0.15, 0.2) is 0 Å². The van der Waals surface area contributed by atoms with Gasteiger partial charge in [0, 0.05) is 58.9 Å². The van der Waals surface area contributed by atoms with Crippen LogP contribution < -0.4 is 10.6 Å². The summed E-state index contributed by atoms with van der Waals surface area (Å²) < 4.78 is 10.7. The summed E-state index contributed by atoms with van der Waals surface area (Å²) in [6.07, 6.45) is -0.801. The van der Waals surface area contributed by atoms with Crippen LogP contribution in [0, 0.1) is 0 Å². The average molecular weight is 530 g/mol. The van der Waals surface area contributed by atoms with E-state index in [2.05, 4.69) is 10.6 Å². The monoisotopic (exact) mass is 529 g/mol. The van der Waals surface area contributed by atoms with E-state index in [9.17, 15) is 24.3 Å². The van der Waals surface area contributed by atoms with E-state index >= 15 is 0 Å². The van der Waals surface area contributed by atoms with Crippen molar-refractivity contribution in [2.24, 2.45) is 0 Å². The lowest BCUT2D eigenvalue weighted by Crippen LogP contribution is -2.53. The summed E-state index contributed by atoms with van der Waals surface area (Å²) in [4.78, 5) is 54.4. The van der Waals surface area contributed by atoms with E-state index in [0.29, 0.717) is 58.9 Å². The van der Waals surface area contributed by atoms with Crippen LogP contribution in [0.3, 0.4) is 0 Å². The number of hydrogen-bond acceptors (Lipinski definition) is 10. The second-order valence-corrected chi connectivity index (χ2v) is 11.4. The standard InChI is InChI=1S/C25H47N5O7/c1-19(31)16-28-10-8-26-9-11-29(18-21(32)36-24(2,3)4)13-15-30(14-12-28)17-20(22(33)34)27-23(35)37-25(5,6)7/h20,26H,8-18H2,1-7H3,(H,27,35)(H,33,34)/t20-/m1/s1. The largest absolute Gasteiger partial charge is 0.480 e. The Labute approximate surface area is 221 Å². The number of hydrogen-bond donors (Lipinski definition) is 3. The predicted molar refractivity (Wildman–Crippen MR) is 140 cm³/mol. The van der Waals surface area contributed by atoms with Gasteiger partial charge in [-0.1, -0.05) is 0 Å². The topological polar surface area (TPSA) is 141 Å². The van der Waals surface area contributed by atoms with Gasteiger partial charge in [-0.25, -0.2) is 9.59 Å². The van der Waals surface area contributed by atoms with Crippen molar-refractivity contribution >= 4 is 23.8 Å². The number of carbonyl (C=O) groups excluding carboxylic acids is 3. The molecular weight excluding hydrogens is 482 g/mol. The molecule has 0 spiro atoms. The van der Waals surface area contributed by atoms with Crippen molar-refractivity contribution in [2.75, 3.05) is 72.0 Å². The van der Waals surface area contributed by atoms with Crippen molar-refractivity contribution in [3.63, 3.8) is 0 Å². The lowest BCUT2D eigenvalue weighted by atomic mass is 10.2. The van der Waals surface area contributed by atoms with Crippen LogP contribution in [-0.4, -0.2) is 133 Å². The Kier molecular flexibility index (Phi) is 13.5. The Morgan fingerprint density at radius 2 is 1.30 bits per heavy atom. The van der Waals surface area contributed by atoms with Gasteiger partial charge in [0.15, 0.2) is 0 Å². The summed E-state index contributed by atoms with van der Waals surface area (Å²) in [5.41, 5.74) is -1.35. The summed E-state index contributed by atoms with van der Waals surface area (Å²) in [7, 11) is 0. The Morgan fingerprint density at radius 1 is 0.811 bits per heavy atom. The summed E-state index contributed by atoms with van der Waals surface area (Å²) in [5.74, 6) is -1.45. The first-order valence-corrected chi connectivity index (χ1v) is 12.9. The lowest BCUT2D eigenvalue weighted by molar-refractivity contribution is -0.156. The molecule has 1 atom stereocenters. The molecule has 1 heterocycles. The average Bonchev–Trinajstić information content (AvgIpc) is 2.69. The minimum atomic E-state index is -1.19. The van der Waals surface area contributed by atoms with Crippen LogP contribution in [0.1, 0.15) is 48.5 Å². The number of carbonyl (C=O) groups is 4. The van der Waals surface area contributed by atoms with Crippen molar-refractivity contribution in [1.82, 2.24) is 25.3 Å². The van der Waals surface area contributed by atoms with E-state index in [1.165, 1.54) is 0 Å². The summed E-state index contributed by atoms with van der Waals surface area (Å²) in [6, 6.07) is -1.19. The maximum atomic E-state index is 12.5. The van der Waals surface area contributed by atoms with Crippen molar-refractivity contribution in [3.05, 3.63) is 0 Å². The molecule has 1 aliphatic rings. The fourth-order valence-corrected chi connectivity index (χ4v) is 3.76. The predicted octanol–water partition coefficient (Wildman–Crippen LogP) is 0.404. The molecule has 12 heteroatoms. The van der Waals surface area contributed by atoms with Crippen LogP contribution in [0.2, 0.25) is 0 Å². The molecule has 37 heavy (non-hydrogen) atoms. The molecule has 0 saturated carbocycles. The molecule has 0 radical (unpaired) electrons. The molecule has 0 aromatic carbocycles. The highest BCUT2D eigenvalue weighted by atomic mass is 16.6. The van der Waals surface area contributed by atoms with E-state index in [4.69, 9.17) is 9.47 Å². The highest BCUT2D eigenvalue weighted by Crippen LogP contribution is 2.09. The molecule has 0 bridgehead atoms. The van der Waals surface area contributed by atoms with Crippen molar-refractivity contribution in [2.45, 2.75) is 65.7 Å². The highest BCUT2D eigenvalue weighted by Gasteiger charge is 2.27.